The number of rotatable bonds is 2. The fraction of sp³-hybridized carbons (Fsp3) is 0. The fourth-order valence-corrected chi connectivity index (χ4v) is 2.69. The second-order valence-corrected chi connectivity index (χ2v) is 5.88. The number of anilines is 1. The van der Waals surface area contributed by atoms with Gasteiger partial charge in [0.2, 0.25) is 0 Å². The molecule has 2 N–H and O–H groups in total. The quantitative estimate of drug-likeness (QED) is 0.525. The first-order valence-electron chi connectivity index (χ1n) is 8.31. The molecule has 2 aromatic heterocycles. The third-order valence-electron chi connectivity index (χ3n) is 3.98. The number of nitrogens with zero attached hydrogens (tertiary/aromatic N) is 1. The second-order valence-electron chi connectivity index (χ2n) is 5.88. The minimum Gasteiger partial charge on any atom is -0.350 e. The van der Waals surface area contributed by atoms with Crippen LogP contribution in [0.1, 0.15) is 21.7 Å². The van der Waals surface area contributed by atoms with Crippen molar-refractivity contribution in [2.24, 2.45) is 0 Å². The highest BCUT2D eigenvalue weighted by atomic mass is 19.1. The van der Waals surface area contributed by atoms with Crippen LogP contribution in [0.4, 0.5) is 10.1 Å². The average molecular weight is 355 g/mol. The number of benzene rings is 2. The zero-order valence-electron chi connectivity index (χ0n) is 14.2. The predicted molar refractivity (Wildman–Crippen MR) is 103 cm³/mol. The van der Waals surface area contributed by atoms with E-state index in [1.807, 2.05) is 30.3 Å². The molecule has 1 amide bonds. The molecule has 0 aliphatic rings. The summed E-state index contributed by atoms with van der Waals surface area (Å²) < 4.78 is 13.8. The van der Waals surface area contributed by atoms with Crippen LogP contribution < -0.4 is 5.32 Å². The Morgan fingerprint density at radius 2 is 1.89 bits per heavy atom. The normalized spacial score (nSPS) is 10.3. The van der Waals surface area contributed by atoms with E-state index in [-0.39, 0.29) is 11.7 Å². The largest absolute Gasteiger partial charge is 0.350 e. The summed E-state index contributed by atoms with van der Waals surface area (Å²) in [7, 11) is 0. The van der Waals surface area contributed by atoms with Gasteiger partial charge in [0, 0.05) is 28.4 Å². The molecule has 0 fully saturated rings. The summed E-state index contributed by atoms with van der Waals surface area (Å²) in [4.78, 5) is 19.6. The number of hydrogen-bond donors (Lipinski definition) is 2. The van der Waals surface area contributed by atoms with Gasteiger partial charge in [-0.15, -0.1) is 0 Å². The third-order valence-corrected chi connectivity index (χ3v) is 3.98. The number of nitrogens with one attached hydrogen (secondary N) is 2. The second kappa shape index (κ2) is 7.14. The van der Waals surface area contributed by atoms with Gasteiger partial charge in [-0.25, -0.2) is 9.37 Å². The fourth-order valence-electron chi connectivity index (χ4n) is 2.69. The van der Waals surface area contributed by atoms with Crippen molar-refractivity contribution in [1.29, 1.82) is 0 Å². The Morgan fingerprint density at radius 3 is 2.70 bits per heavy atom. The molecule has 0 spiro atoms. The number of H-pyrrole nitrogens is 1. The molecular formula is C22H14FN3O. The van der Waals surface area contributed by atoms with E-state index in [9.17, 15) is 9.18 Å². The number of aromatic amines is 1. The first kappa shape index (κ1) is 16.6. The van der Waals surface area contributed by atoms with Gasteiger partial charge in [-0.05, 0) is 54.5 Å². The molecule has 0 aliphatic heterocycles. The molecule has 5 heteroatoms. The lowest BCUT2D eigenvalue weighted by molar-refractivity contribution is 0.102. The van der Waals surface area contributed by atoms with Gasteiger partial charge in [-0.3, -0.25) is 4.79 Å². The van der Waals surface area contributed by atoms with Gasteiger partial charge in [-0.2, -0.15) is 0 Å². The van der Waals surface area contributed by atoms with E-state index < -0.39 is 0 Å². The van der Waals surface area contributed by atoms with Gasteiger partial charge in [0.25, 0.3) is 5.91 Å². The van der Waals surface area contributed by atoms with Crippen molar-refractivity contribution in [1.82, 2.24) is 9.97 Å². The Bertz CT molecular complexity index is 1190. The molecule has 0 unspecified atom stereocenters. The number of hydrogen-bond acceptors (Lipinski definition) is 2. The number of amides is 1. The first-order chi connectivity index (χ1) is 13.2. The molecule has 0 radical (unpaired) electrons. The van der Waals surface area contributed by atoms with Gasteiger partial charge < -0.3 is 10.3 Å². The highest BCUT2D eigenvalue weighted by Gasteiger charge is 2.12. The summed E-state index contributed by atoms with van der Waals surface area (Å²) in [6.07, 6.45) is 1.68. The molecule has 2 aromatic carbocycles. The van der Waals surface area contributed by atoms with Crippen molar-refractivity contribution in [3.05, 3.63) is 95.7 Å². The van der Waals surface area contributed by atoms with Crippen molar-refractivity contribution < 1.29 is 9.18 Å². The molecule has 4 aromatic rings. The van der Waals surface area contributed by atoms with Crippen LogP contribution in [0.3, 0.4) is 0 Å². The van der Waals surface area contributed by atoms with E-state index in [0.29, 0.717) is 28.0 Å². The molecular weight excluding hydrogens is 341 g/mol. The standard InChI is InChI=1S/C22H14FN3O/c23-19-8-4-9-20-18(19)14-21(26-20)22(27)25-17-7-3-5-15(13-17)10-11-16-6-1-2-12-24-16/h1-9,12-14,26H,(H,25,27). The molecule has 0 bridgehead atoms. The van der Waals surface area contributed by atoms with E-state index >= 15 is 0 Å². The number of carbonyl (C=O) groups is 1. The summed E-state index contributed by atoms with van der Waals surface area (Å²) >= 11 is 0. The Morgan fingerprint density at radius 1 is 1.00 bits per heavy atom. The number of fused-ring (bicyclic) bond motifs is 1. The smallest absolute Gasteiger partial charge is 0.272 e. The monoisotopic (exact) mass is 355 g/mol. The van der Waals surface area contributed by atoms with Gasteiger partial charge in [0.15, 0.2) is 0 Å². The van der Waals surface area contributed by atoms with E-state index in [4.69, 9.17) is 0 Å². The van der Waals surface area contributed by atoms with Gasteiger partial charge in [0.05, 0.1) is 0 Å². The van der Waals surface area contributed by atoms with Crippen molar-refractivity contribution in [3.8, 4) is 11.8 Å². The van der Waals surface area contributed by atoms with Crippen LogP contribution in [-0.2, 0) is 0 Å². The maximum Gasteiger partial charge on any atom is 0.272 e. The highest BCUT2D eigenvalue weighted by Crippen LogP contribution is 2.19. The zero-order valence-corrected chi connectivity index (χ0v) is 14.2. The zero-order chi connectivity index (χ0) is 18.6. The Kier molecular flexibility index (Phi) is 4.38. The number of pyridine rings is 1. The van der Waals surface area contributed by atoms with Gasteiger partial charge in [-0.1, -0.05) is 24.1 Å². The molecule has 4 nitrogen and oxygen atoms in total. The van der Waals surface area contributed by atoms with Crippen LogP contribution in [0, 0.1) is 17.7 Å². The maximum absolute atomic E-state index is 13.8. The van der Waals surface area contributed by atoms with E-state index in [1.54, 1.807) is 30.5 Å². The summed E-state index contributed by atoms with van der Waals surface area (Å²) in [5.74, 6) is 5.28. The Hall–Kier alpha value is -3.91. The minimum absolute atomic E-state index is 0.292. The number of aromatic nitrogens is 2. The topological polar surface area (TPSA) is 57.8 Å². The van der Waals surface area contributed by atoms with Crippen molar-refractivity contribution in [3.63, 3.8) is 0 Å². The Balaban J connectivity index is 1.55. The van der Waals surface area contributed by atoms with Gasteiger partial charge >= 0.3 is 0 Å². The molecule has 27 heavy (non-hydrogen) atoms. The van der Waals surface area contributed by atoms with Crippen molar-refractivity contribution >= 4 is 22.5 Å². The first-order valence-corrected chi connectivity index (χ1v) is 8.31. The summed E-state index contributed by atoms with van der Waals surface area (Å²) in [5, 5.41) is 3.19. The minimum atomic E-state index is -0.366. The highest BCUT2D eigenvalue weighted by molar-refractivity contribution is 6.06. The van der Waals surface area contributed by atoms with Crippen LogP contribution in [0.25, 0.3) is 10.9 Å². The lowest BCUT2D eigenvalue weighted by Crippen LogP contribution is -2.12. The van der Waals surface area contributed by atoms with Crippen molar-refractivity contribution in [2.45, 2.75) is 0 Å². The van der Waals surface area contributed by atoms with E-state index in [0.717, 1.165) is 5.56 Å². The molecule has 0 atom stereocenters. The van der Waals surface area contributed by atoms with Crippen LogP contribution in [0.2, 0.25) is 0 Å². The van der Waals surface area contributed by atoms with E-state index in [2.05, 4.69) is 27.1 Å². The summed E-state index contributed by atoms with van der Waals surface area (Å²) in [6.45, 7) is 0. The molecule has 130 valence electrons. The predicted octanol–water partition coefficient (Wildman–Crippen LogP) is 4.35. The van der Waals surface area contributed by atoms with Gasteiger partial charge in [0.1, 0.15) is 17.2 Å². The third kappa shape index (κ3) is 3.70. The molecule has 0 aliphatic carbocycles. The average Bonchev–Trinajstić information content (AvgIpc) is 3.14. The maximum atomic E-state index is 13.8. The molecule has 2 heterocycles. The Labute approximate surface area is 155 Å². The summed E-state index contributed by atoms with van der Waals surface area (Å²) in [5.41, 5.74) is 2.90. The van der Waals surface area contributed by atoms with Crippen LogP contribution in [0.15, 0.2) is 72.9 Å². The van der Waals surface area contributed by atoms with Crippen LogP contribution >= 0.6 is 0 Å². The molecule has 0 saturated carbocycles. The van der Waals surface area contributed by atoms with E-state index in [1.165, 1.54) is 12.1 Å². The lowest BCUT2D eigenvalue weighted by atomic mass is 10.2. The summed E-state index contributed by atoms with van der Waals surface area (Å²) in [6, 6.07) is 18.9. The SMILES string of the molecule is O=C(Nc1cccc(C#Cc2ccccn2)c1)c1cc2c(F)cccc2[nH]1. The van der Waals surface area contributed by atoms with Crippen LogP contribution in [-0.4, -0.2) is 15.9 Å². The lowest BCUT2D eigenvalue weighted by Gasteiger charge is -2.04. The number of halogens is 1. The molecule has 0 saturated heterocycles. The van der Waals surface area contributed by atoms with Crippen LogP contribution in [0.5, 0.6) is 0 Å². The number of carbonyl (C=O) groups excluding carboxylic acids is 1. The van der Waals surface area contributed by atoms with Crippen molar-refractivity contribution in [2.75, 3.05) is 5.32 Å². The molecule has 4 rings (SSSR count).